The van der Waals surface area contributed by atoms with Crippen LogP contribution >= 0.6 is 24.8 Å². The lowest BCUT2D eigenvalue weighted by Gasteiger charge is -2.00. The summed E-state index contributed by atoms with van der Waals surface area (Å²) in [6, 6.07) is 7.52. The van der Waals surface area contributed by atoms with Crippen molar-refractivity contribution in [1.82, 2.24) is 15.0 Å². The van der Waals surface area contributed by atoms with E-state index < -0.39 is 0 Å². The van der Waals surface area contributed by atoms with Crippen LogP contribution in [0, 0.1) is 0 Å². The fourth-order valence-corrected chi connectivity index (χ4v) is 1.15. The van der Waals surface area contributed by atoms with E-state index in [9.17, 15) is 0 Å². The maximum absolute atomic E-state index is 5.45. The Morgan fingerprint density at radius 1 is 0.938 bits per heavy atom. The SMILES string of the molecule is Cl.Cl.NCc1nccc(-c2ccccn2)n1. The fraction of sp³-hybridized carbons (Fsp3) is 0.100. The van der Waals surface area contributed by atoms with Gasteiger partial charge < -0.3 is 5.73 Å². The van der Waals surface area contributed by atoms with Crippen molar-refractivity contribution in [2.75, 3.05) is 0 Å². The van der Waals surface area contributed by atoms with Gasteiger partial charge in [-0.15, -0.1) is 24.8 Å². The van der Waals surface area contributed by atoms with E-state index >= 15 is 0 Å². The third-order valence-electron chi connectivity index (χ3n) is 1.82. The van der Waals surface area contributed by atoms with Gasteiger partial charge in [-0.1, -0.05) is 6.07 Å². The van der Waals surface area contributed by atoms with Gasteiger partial charge in [0.05, 0.1) is 17.9 Å². The van der Waals surface area contributed by atoms with Crippen LogP contribution in [0.4, 0.5) is 0 Å². The van der Waals surface area contributed by atoms with Crippen molar-refractivity contribution >= 4 is 24.8 Å². The Labute approximate surface area is 106 Å². The Morgan fingerprint density at radius 3 is 2.38 bits per heavy atom. The van der Waals surface area contributed by atoms with Crippen LogP contribution in [-0.2, 0) is 6.54 Å². The van der Waals surface area contributed by atoms with Gasteiger partial charge in [0, 0.05) is 12.4 Å². The molecule has 86 valence electrons. The van der Waals surface area contributed by atoms with Crippen LogP contribution < -0.4 is 5.73 Å². The van der Waals surface area contributed by atoms with Gasteiger partial charge in [-0.05, 0) is 18.2 Å². The van der Waals surface area contributed by atoms with Crippen molar-refractivity contribution in [3.05, 3.63) is 42.5 Å². The minimum Gasteiger partial charge on any atom is -0.324 e. The van der Waals surface area contributed by atoms with Gasteiger partial charge >= 0.3 is 0 Å². The molecule has 0 aromatic carbocycles. The second kappa shape index (κ2) is 7.11. The monoisotopic (exact) mass is 258 g/mol. The molecule has 0 bridgehead atoms. The van der Waals surface area contributed by atoms with E-state index in [2.05, 4.69) is 15.0 Å². The molecule has 0 saturated carbocycles. The van der Waals surface area contributed by atoms with Gasteiger partial charge in [0.25, 0.3) is 0 Å². The lowest BCUT2D eigenvalue weighted by atomic mass is 10.2. The fourth-order valence-electron chi connectivity index (χ4n) is 1.15. The molecule has 2 aromatic rings. The first-order chi connectivity index (χ1) is 6.90. The Kier molecular flexibility index (Phi) is 6.56. The lowest BCUT2D eigenvalue weighted by Crippen LogP contribution is -2.03. The molecule has 16 heavy (non-hydrogen) atoms. The first-order valence-electron chi connectivity index (χ1n) is 4.33. The molecule has 0 aliphatic rings. The molecule has 2 N–H and O–H groups in total. The van der Waals surface area contributed by atoms with Crippen molar-refractivity contribution in [2.24, 2.45) is 5.73 Å². The Morgan fingerprint density at radius 2 is 1.75 bits per heavy atom. The van der Waals surface area contributed by atoms with Gasteiger partial charge in [0.1, 0.15) is 5.82 Å². The summed E-state index contributed by atoms with van der Waals surface area (Å²) >= 11 is 0. The summed E-state index contributed by atoms with van der Waals surface area (Å²) in [5.41, 5.74) is 7.10. The van der Waals surface area contributed by atoms with Gasteiger partial charge in [0.15, 0.2) is 0 Å². The molecule has 6 heteroatoms. The molecule has 2 heterocycles. The van der Waals surface area contributed by atoms with Crippen LogP contribution in [0.2, 0.25) is 0 Å². The summed E-state index contributed by atoms with van der Waals surface area (Å²) in [6.45, 7) is 0.348. The van der Waals surface area contributed by atoms with E-state index in [1.54, 1.807) is 12.4 Å². The summed E-state index contributed by atoms with van der Waals surface area (Å²) < 4.78 is 0. The number of pyridine rings is 1. The van der Waals surface area contributed by atoms with Crippen molar-refractivity contribution in [3.63, 3.8) is 0 Å². The van der Waals surface area contributed by atoms with E-state index in [0.717, 1.165) is 11.4 Å². The quantitative estimate of drug-likeness (QED) is 0.893. The van der Waals surface area contributed by atoms with E-state index in [4.69, 9.17) is 5.73 Å². The topological polar surface area (TPSA) is 64.7 Å². The highest BCUT2D eigenvalue weighted by Gasteiger charge is 2.00. The maximum Gasteiger partial charge on any atom is 0.142 e. The maximum atomic E-state index is 5.45. The molecule has 0 aliphatic heterocycles. The third kappa shape index (κ3) is 3.41. The normalized spacial score (nSPS) is 8.81. The van der Waals surface area contributed by atoms with Crippen LogP contribution in [0.15, 0.2) is 36.7 Å². The molecule has 0 unspecified atom stereocenters. The number of hydrogen-bond donors (Lipinski definition) is 1. The van der Waals surface area contributed by atoms with Gasteiger partial charge in [0.2, 0.25) is 0 Å². The minimum atomic E-state index is 0. The largest absolute Gasteiger partial charge is 0.324 e. The van der Waals surface area contributed by atoms with Crippen molar-refractivity contribution in [3.8, 4) is 11.4 Å². The molecule has 0 saturated heterocycles. The van der Waals surface area contributed by atoms with E-state index in [1.807, 2.05) is 24.3 Å². The molecule has 0 aliphatic carbocycles. The van der Waals surface area contributed by atoms with E-state index in [0.29, 0.717) is 12.4 Å². The first-order valence-corrected chi connectivity index (χ1v) is 4.33. The number of halogens is 2. The van der Waals surface area contributed by atoms with E-state index in [1.165, 1.54) is 0 Å². The van der Waals surface area contributed by atoms with Crippen LogP contribution in [0.5, 0.6) is 0 Å². The van der Waals surface area contributed by atoms with Crippen molar-refractivity contribution < 1.29 is 0 Å². The van der Waals surface area contributed by atoms with Gasteiger partial charge in [-0.2, -0.15) is 0 Å². The summed E-state index contributed by atoms with van der Waals surface area (Å²) in [5.74, 6) is 0.633. The highest BCUT2D eigenvalue weighted by atomic mass is 35.5. The molecular formula is C10H12Cl2N4. The zero-order chi connectivity index (χ0) is 9.80. The predicted octanol–water partition coefficient (Wildman–Crippen LogP) is 1.84. The van der Waals surface area contributed by atoms with Gasteiger partial charge in [-0.25, -0.2) is 9.97 Å². The molecule has 4 nitrogen and oxygen atoms in total. The number of hydrogen-bond acceptors (Lipinski definition) is 4. The van der Waals surface area contributed by atoms with Crippen LogP contribution in [0.25, 0.3) is 11.4 Å². The van der Waals surface area contributed by atoms with Crippen molar-refractivity contribution in [2.45, 2.75) is 6.54 Å². The standard InChI is InChI=1S/C10H10N4.2ClH/c11-7-10-13-6-4-9(14-10)8-3-1-2-5-12-8;;/h1-6H,7,11H2;2*1H. The average molecular weight is 259 g/mol. The van der Waals surface area contributed by atoms with Crippen LogP contribution in [-0.4, -0.2) is 15.0 Å². The molecule has 2 rings (SSSR count). The van der Waals surface area contributed by atoms with Gasteiger partial charge in [-0.3, -0.25) is 4.98 Å². The molecule has 0 radical (unpaired) electrons. The molecule has 0 atom stereocenters. The third-order valence-corrected chi connectivity index (χ3v) is 1.82. The summed E-state index contributed by atoms with van der Waals surface area (Å²) in [5, 5.41) is 0. The molecule has 2 aromatic heterocycles. The van der Waals surface area contributed by atoms with E-state index in [-0.39, 0.29) is 24.8 Å². The number of rotatable bonds is 2. The zero-order valence-electron chi connectivity index (χ0n) is 8.41. The minimum absolute atomic E-state index is 0. The Balaban J connectivity index is 0.00000112. The number of aromatic nitrogens is 3. The zero-order valence-corrected chi connectivity index (χ0v) is 10.0. The first kappa shape index (κ1) is 14.8. The number of nitrogens with two attached hydrogens (primary N) is 1. The second-order valence-electron chi connectivity index (χ2n) is 2.78. The summed E-state index contributed by atoms with van der Waals surface area (Å²) in [4.78, 5) is 12.5. The Hall–Kier alpha value is -1.23. The molecule has 0 fully saturated rings. The molecule has 0 amide bonds. The second-order valence-corrected chi connectivity index (χ2v) is 2.78. The average Bonchev–Trinajstić information content (AvgIpc) is 2.30. The molecular weight excluding hydrogens is 247 g/mol. The Bertz CT molecular complexity index is 422. The lowest BCUT2D eigenvalue weighted by molar-refractivity contribution is 0.910. The summed E-state index contributed by atoms with van der Waals surface area (Å²) in [7, 11) is 0. The smallest absolute Gasteiger partial charge is 0.142 e. The highest BCUT2D eigenvalue weighted by Crippen LogP contribution is 2.11. The van der Waals surface area contributed by atoms with Crippen LogP contribution in [0.3, 0.4) is 0 Å². The van der Waals surface area contributed by atoms with Crippen molar-refractivity contribution in [1.29, 1.82) is 0 Å². The number of nitrogens with zero attached hydrogens (tertiary/aromatic N) is 3. The predicted molar refractivity (Wildman–Crippen MR) is 67.7 cm³/mol. The summed E-state index contributed by atoms with van der Waals surface area (Å²) in [6.07, 6.45) is 3.43. The highest BCUT2D eigenvalue weighted by molar-refractivity contribution is 5.85. The van der Waals surface area contributed by atoms with Crippen LogP contribution in [0.1, 0.15) is 5.82 Å². The molecule has 0 spiro atoms.